The minimum atomic E-state index is -1.01. The molecule has 3 atom stereocenters. The molecule has 0 saturated heterocycles. The molecular weight excluding hydrogens is 885 g/mol. The molecule has 0 spiro atoms. The second-order valence-electron chi connectivity index (χ2n) is 23.2. The number of fused-ring (bicyclic) bond motifs is 4. The van der Waals surface area contributed by atoms with Gasteiger partial charge >= 0.3 is 18.2 Å². The van der Waals surface area contributed by atoms with Crippen LogP contribution in [0.3, 0.4) is 0 Å². The number of aliphatic hydroxyl groups excluding tert-OH is 1. The monoisotopic (exact) mass is 967 g/mol. The van der Waals surface area contributed by atoms with E-state index in [1.165, 1.54) is 44.5 Å². The quantitative estimate of drug-likeness (QED) is 0.177. The van der Waals surface area contributed by atoms with Gasteiger partial charge in [0.15, 0.2) is 0 Å². The summed E-state index contributed by atoms with van der Waals surface area (Å²) in [6.07, 6.45) is 7.73. The van der Waals surface area contributed by atoms with Gasteiger partial charge in [-0.05, 0) is 180 Å². The van der Waals surface area contributed by atoms with Gasteiger partial charge in [0.1, 0.15) is 17.2 Å². The Labute approximate surface area is 417 Å². The molecule has 3 N–H and O–H groups in total. The molecule has 70 heavy (non-hydrogen) atoms. The average molecular weight is 967 g/mol. The van der Waals surface area contributed by atoms with Gasteiger partial charge in [-0.25, -0.2) is 9.59 Å². The zero-order valence-corrected chi connectivity index (χ0v) is 44.0. The van der Waals surface area contributed by atoms with E-state index >= 15 is 0 Å². The van der Waals surface area contributed by atoms with Crippen LogP contribution in [0.2, 0.25) is 0 Å². The standard InChI is InChI=1S/C31H46N2O4.C26H36N2O5/c1-20(2)15-28-27-17-24-16-22(19-34)9-12-25(24)26(27)13-14-33(28)29(35)23-10-7-21(8-11-23)18-32(6)30(36)37-31(3,4)5;1-16(2)14-22-20-15-17-8-6-7-9-18(17)19(20)12-13-28(22)24(31)21(10-11-23(29)30)27-25(32)33-26(3,4)5/h9,12,16,20-21,23,28,34H,7-8,10-11,13-15,17-19H2,1-6H3;6-9,16,21-22H,10-15H2,1-5H3,(H,27,32)(H,29,30)/t;21-,22?/m.1/s1. The predicted octanol–water partition coefficient (Wildman–Crippen LogP) is 10.2. The number of benzene rings is 2. The fourth-order valence-electron chi connectivity index (χ4n) is 11.3. The van der Waals surface area contributed by atoms with E-state index in [1.54, 1.807) is 25.7 Å². The Kier molecular flexibility index (Phi) is 17.7. The Balaban J connectivity index is 0.000000231. The number of aliphatic hydroxyl groups is 1. The molecule has 2 aromatic rings. The number of rotatable bonds is 13. The van der Waals surface area contributed by atoms with Crippen molar-refractivity contribution in [3.8, 4) is 0 Å². The van der Waals surface area contributed by atoms with Gasteiger partial charge in [0.25, 0.3) is 0 Å². The maximum absolute atomic E-state index is 13.9. The Hall–Kier alpha value is -5.17. The summed E-state index contributed by atoms with van der Waals surface area (Å²) in [7, 11) is 1.81. The topological polar surface area (TPSA) is 166 Å². The normalized spacial score (nSPS) is 21.3. The maximum atomic E-state index is 13.9. The molecule has 0 aromatic heterocycles. The van der Waals surface area contributed by atoms with Crippen molar-refractivity contribution in [2.24, 2.45) is 23.7 Å². The van der Waals surface area contributed by atoms with Crippen molar-refractivity contribution in [1.29, 1.82) is 0 Å². The number of amides is 4. The summed E-state index contributed by atoms with van der Waals surface area (Å²) in [5, 5.41) is 21.4. The molecule has 2 aromatic carbocycles. The number of alkyl carbamates (subject to hydrolysis) is 1. The molecule has 13 heteroatoms. The van der Waals surface area contributed by atoms with E-state index in [0.717, 1.165) is 76.3 Å². The van der Waals surface area contributed by atoms with E-state index in [9.17, 15) is 34.2 Å². The maximum Gasteiger partial charge on any atom is 0.410 e. The van der Waals surface area contributed by atoms with Gasteiger partial charge in [0, 0.05) is 39.0 Å². The van der Waals surface area contributed by atoms with E-state index in [1.807, 2.05) is 44.9 Å². The van der Waals surface area contributed by atoms with E-state index in [-0.39, 0.29) is 49.5 Å². The van der Waals surface area contributed by atoms with E-state index in [4.69, 9.17) is 9.47 Å². The van der Waals surface area contributed by atoms with Gasteiger partial charge in [-0.2, -0.15) is 0 Å². The van der Waals surface area contributed by atoms with Crippen LogP contribution in [0.15, 0.2) is 53.6 Å². The highest BCUT2D eigenvalue weighted by molar-refractivity contribution is 5.89. The summed E-state index contributed by atoms with van der Waals surface area (Å²) in [6.45, 7) is 21.7. The largest absolute Gasteiger partial charge is 0.481 e. The van der Waals surface area contributed by atoms with Crippen LogP contribution in [0.1, 0.15) is 161 Å². The van der Waals surface area contributed by atoms with Gasteiger partial charge < -0.3 is 39.7 Å². The molecule has 0 bridgehead atoms. The minimum absolute atomic E-state index is 0.0183. The lowest BCUT2D eigenvalue weighted by Gasteiger charge is -2.41. The fraction of sp³-hybridized carbons (Fsp3) is 0.632. The van der Waals surface area contributed by atoms with Crippen molar-refractivity contribution in [3.05, 3.63) is 81.4 Å². The Morgan fingerprint density at radius 3 is 1.89 bits per heavy atom. The molecular formula is C57H82N4O9. The average Bonchev–Trinajstić information content (AvgIpc) is 3.85. The number of carboxylic acids is 1. The first kappa shape index (κ1) is 54.2. The first-order valence-corrected chi connectivity index (χ1v) is 25.9. The second kappa shape index (κ2) is 22.9. The summed E-state index contributed by atoms with van der Waals surface area (Å²) < 4.78 is 10.8. The number of ether oxygens (including phenoxy) is 2. The van der Waals surface area contributed by atoms with Crippen LogP contribution in [-0.2, 0) is 43.3 Å². The molecule has 13 nitrogen and oxygen atoms in total. The first-order chi connectivity index (χ1) is 32.9. The zero-order chi connectivity index (χ0) is 51.2. The van der Waals surface area contributed by atoms with Crippen molar-refractivity contribution in [1.82, 2.24) is 20.0 Å². The molecule has 1 saturated carbocycles. The molecule has 5 aliphatic rings. The summed E-state index contributed by atoms with van der Waals surface area (Å²) in [4.78, 5) is 69.4. The Morgan fingerprint density at radius 2 is 1.31 bits per heavy atom. The highest BCUT2D eigenvalue weighted by Crippen LogP contribution is 2.45. The molecule has 4 amide bonds. The Bertz CT molecular complexity index is 2290. The van der Waals surface area contributed by atoms with Crippen LogP contribution in [0.25, 0.3) is 11.1 Å². The molecule has 7 rings (SSSR count). The van der Waals surface area contributed by atoms with Crippen LogP contribution in [0, 0.1) is 23.7 Å². The van der Waals surface area contributed by atoms with Crippen LogP contribution in [-0.4, -0.2) is 111 Å². The third kappa shape index (κ3) is 13.8. The van der Waals surface area contributed by atoms with Gasteiger partial charge in [-0.1, -0.05) is 70.2 Å². The molecule has 384 valence electrons. The van der Waals surface area contributed by atoms with Crippen molar-refractivity contribution < 1.29 is 43.7 Å². The number of carboxylic acid groups (broad SMARTS) is 1. The van der Waals surface area contributed by atoms with Crippen LogP contribution in [0.5, 0.6) is 0 Å². The van der Waals surface area contributed by atoms with Crippen LogP contribution in [0.4, 0.5) is 9.59 Å². The summed E-state index contributed by atoms with van der Waals surface area (Å²) in [5.41, 5.74) is 10.4. The van der Waals surface area contributed by atoms with Gasteiger partial charge in [0.2, 0.25) is 11.8 Å². The number of nitrogens with one attached hydrogen (secondary N) is 1. The summed E-state index contributed by atoms with van der Waals surface area (Å²) >= 11 is 0. The van der Waals surface area contributed by atoms with Crippen molar-refractivity contribution in [2.45, 2.75) is 182 Å². The molecule has 2 heterocycles. The Morgan fingerprint density at radius 1 is 0.757 bits per heavy atom. The SMILES string of the molecule is CC(C)CC1C2=C(CCN1C(=O)C1CCC(CN(C)C(=O)OC(C)(C)C)CC1)c1ccc(CO)cc1C2.CC(C)CC1C2=C(CCN1C(=O)[C@@H](CCC(=O)O)NC(=O)OC(C)(C)C)c1ccccc1C2. The lowest BCUT2D eigenvalue weighted by Crippen LogP contribution is -2.54. The van der Waals surface area contributed by atoms with Crippen LogP contribution < -0.4 is 5.32 Å². The van der Waals surface area contributed by atoms with Gasteiger partial charge in [0.05, 0.1) is 18.7 Å². The lowest BCUT2D eigenvalue weighted by molar-refractivity contribution is -0.140. The number of nitrogens with zero attached hydrogens (tertiary/aromatic N) is 3. The van der Waals surface area contributed by atoms with E-state index in [2.05, 4.69) is 68.2 Å². The number of carbonyl (C=O) groups is 5. The molecule has 0 radical (unpaired) electrons. The smallest absolute Gasteiger partial charge is 0.410 e. The van der Waals surface area contributed by atoms with E-state index < -0.39 is 29.3 Å². The van der Waals surface area contributed by atoms with Crippen LogP contribution >= 0.6 is 0 Å². The minimum Gasteiger partial charge on any atom is -0.481 e. The van der Waals surface area contributed by atoms with Crippen molar-refractivity contribution in [3.63, 3.8) is 0 Å². The van der Waals surface area contributed by atoms with Gasteiger partial charge in [-0.15, -0.1) is 0 Å². The number of aliphatic carboxylic acids is 1. The highest BCUT2D eigenvalue weighted by Gasteiger charge is 2.42. The molecule has 2 aliphatic heterocycles. The van der Waals surface area contributed by atoms with Crippen molar-refractivity contribution >= 4 is 41.1 Å². The molecule has 1 fully saturated rings. The predicted molar refractivity (Wildman–Crippen MR) is 274 cm³/mol. The highest BCUT2D eigenvalue weighted by atomic mass is 16.6. The molecule has 3 aliphatic carbocycles. The molecule has 2 unspecified atom stereocenters. The summed E-state index contributed by atoms with van der Waals surface area (Å²) in [6, 6.07) is 13.9. The van der Waals surface area contributed by atoms with Crippen molar-refractivity contribution in [2.75, 3.05) is 26.7 Å². The third-order valence-corrected chi connectivity index (χ3v) is 14.3. The lowest BCUT2D eigenvalue weighted by atomic mass is 9.80. The number of hydrogen-bond acceptors (Lipinski definition) is 8. The first-order valence-electron chi connectivity index (χ1n) is 25.9. The summed E-state index contributed by atoms with van der Waals surface area (Å²) in [5.74, 6) is 0.435. The number of hydrogen-bond donors (Lipinski definition) is 3. The zero-order valence-electron chi connectivity index (χ0n) is 44.0. The van der Waals surface area contributed by atoms with Gasteiger partial charge in [-0.3, -0.25) is 14.4 Å². The number of carbonyl (C=O) groups excluding carboxylic acids is 4. The van der Waals surface area contributed by atoms with E-state index in [0.29, 0.717) is 36.8 Å². The fourth-order valence-corrected chi connectivity index (χ4v) is 11.3. The second-order valence-corrected chi connectivity index (χ2v) is 23.2. The third-order valence-electron chi connectivity index (χ3n) is 14.3.